The Morgan fingerprint density at radius 1 is 1.69 bits per heavy atom. The lowest BCUT2D eigenvalue weighted by molar-refractivity contribution is 0.0690. The van der Waals surface area contributed by atoms with Gasteiger partial charge in [0, 0.05) is 0 Å². The summed E-state index contributed by atoms with van der Waals surface area (Å²) >= 11 is 0. The van der Waals surface area contributed by atoms with Gasteiger partial charge in [0.05, 0.1) is 12.7 Å². The van der Waals surface area contributed by atoms with E-state index < -0.39 is 5.97 Å². The predicted octanol–water partition coefficient (Wildman–Crippen LogP) is 0.579. The Kier molecular flexibility index (Phi) is 2.02. The SMILES string of the molecule is O=C(O)c1cnoc1CN1CCC1. The minimum absolute atomic E-state index is 0.173. The topological polar surface area (TPSA) is 66.6 Å². The number of carboxylic acids is 1. The summed E-state index contributed by atoms with van der Waals surface area (Å²) in [7, 11) is 0. The molecule has 0 saturated carbocycles. The molecule has 70 valence electrons. The van der Waals surface area contributed by atoms with Crippen LogP contribution in [0.1, 0.15) is 22.5 Å². The first kappa shape index (κ1) is 8.25. The Morgan fingerprint density at radius 3 is 3.00 bits per heavy atom. The molecule has 0 spiro atoms. The summed E-state index contributed by atoms with van der Waals surface area (Å²) in [6, 6.07) is 0. The Bertz CT molecular complexity index is 317. The molecule has 13 heavy (non-hydrogen) atoms. The molecule has 0 unspecified atom stereocenters. The van der Waals surface area contributed by atoms with Crippen molar-refractivity contribution >= 4 is 5.97 Å². The smallest absolute Gasteiger partial charge is 0.341 e. The lowest BCUT2D eigenvalue weighted by Crippen LogP contribution is -2.36. The zero-order valence-corrected chi connectivity index (χ0v) is 7.06. The van der Waals surface area contributed by atoms with Crippen molar-refractivity contribution in [1.82, 2.24) is 10.1 Å². The molecule has 1 aromatic rings. The van der Waals surface area contributed by atoms with Crippen LogP contribution in [0.3, 0.4) is 0 Å². The van der Waals surface area contributed by atoms with Gasteiger partial charge < -0.3 is 9.63 Å². The average molecular weight is 182 g/mol. The van der Waals surface area contributed by atoms with Gasteiger partial charge in [0.2, 0.25) is 0 Å². The van der Waals surface area contributed by atoms with E-state index in [-0.39, 0.29) is 5.56 Å². The van der Waals surface area contributed by atoms with Crippen molar-refractivity contribution in [2.75, 3.05) is 13.1 Å². The number of nitrogens with zero attached hydrogens (tertiary/aromatic N) is 2. The molecule has 2 heterocycles. The molecule has 0 atom stereocenters. The second-order valence-electron chi connectivity index (χ2n) is 3.10. The first-order valence-corrected chi connectivity index (χ1v) is 4.16. The monoisotopic (exact) mass is 182 g/mol. The van der Waals surface area contributed by atoms with Gasteiger partial charge in [-0.1, -0.05) is 5.16 Å². The molecule has 5 nitrogen and oxygen atoms in total. The van der Waals surface area contributed by atoms with Gasteiger partial charge in [0.15, 0.2) is 5.76 Å². The van der Waals surface area contributed by atoms with Crippen LogP contribution in [0.4, 0.5) is 0 Å². The van der Waals surface area contributed by atoms with E-state index in [2.05, 4.69) is 10.1 Å². The Labute approximate surface area is 74.9 Å². The zero-order valence-electron chi connectivity index (χ0n) is 7.06. The molecule has 0 bridgehead atoms. The molecule has 0 radical (unpaired) electrons. The molecule has 1 saturated heterocycles. The summed E-state index contributed by atoms with van der Waals surface area (Å²) in [5, 5.41) is 12.2. The maximum atomic E-state index is 10.7. The minimum Gasteiger partial charge on any atom is -0.478 e. The van der Waals surface area contributed by atoms with E-state index in [0.717, 1.165) is 13.1 Å². The van der Waals surface area contributed by atoms with E-state index in [4.69, 9.17) is 9.63 Å². The summed E-state index contributed by atoms with van der Waals surface area (Å²) in [4.78, 5) is 12.8. The van der Waals surface area contributed by atoms with E-state index in [1.54, 1.807) is 0 Å². The molecule has 0 aromatic carbocycles. The molecule has 1 fully saturated rings. The highest BCUT2D eigenvalue weighted by Gasteiger charge is 2.21. The van der Waals surface area contributed by atoms with Gasteiger partial charge in [-0.3, -0.25) is 4.90 Å². The molecule has 2 rings (SSSR count). The maximum Gasteiger partial charge on any atom is 0.341 e. The Morgan fingerprint density at radius 2 is 2.46 bits per heavy atom. The summed E-state index contributed by atoms with van der Waals surface area (Å²) in [5.41, 5.74) is 0.173. The highest BCUT2D eigenvalue weighted by Crippen LogP contribution is 2.15. The van der Waals surface area contributed by atoms with E-state index in [1.165, 1.54) is 12.6 Å². The fourth-order valence-corrected chi connectivity index (χ4v) is 1.30. The van der Waals surface area contributed by atoms with Crippen LogP contribution in [0.5, 0.6) is 0 Å². The van der Waals surface area contributed by atoms with Crippen molar-refractivity contribution in [2.45, 2.75) is 13.0 Å². The van der Waals surface area contributed by atoms with Crippen LogP contribution in [0, 0.1) is 0 Å². The average Bonchev–Trinajstić information content (AvgIpc) is 2.44. The van der Waals surface area contributed by atoms with E-state index in [1.807, 2.05) is 0 Å². The lowest BCUT2D eigenvalue weighted by atomic mass is 10.2. The van der Waals surface area contributed by atoms with Crippen molar-refractivity contribution in [3.63, 3.8) is 0 Å². The third-order valence-corrected chi connectivity index (χ3v) is 2.19. The number of rotatable bonds is 3. The Balaban J connectivity index is 2.09. The highest BCUT2D eigenvalue weighted by atomic mass is 16.5. The van der Waals surface area contributed by atoms with Crippen molar-refractivity contribution < 1.29 is 14.4 Å². The van der Waals surface area contributed by atoms with Gasteiger partial charge in [-0.05, 0) is 19.5 Å². The van der Waals surface area contributed by atoms with E-state index in [9.17, 15) is 4.79 Å². The number of carbonyl (C=O) groups is 1. The van der Waals surface area contributed by atoms with Crippen LogP contribution in [0.15, 0.2) is 10.7 Å². The van der Waals surface area contributed by atoms with Crippen LogP contribution in [-0.2, 0) is 6.54 Å². The third-order valence-electron chi connectivity index (χ3n) is 2.19. The molecular weight excluding hydrogens is 172 g/mol. The number of aromatic nitrogens is 1. The summed E-state index contributed by atoms with van der Waals surface area (Å²) < 4.78 is 4.86. The van der Waals surface area contributed by atoms with Gasteiger partial charge in [0.1, 0.15) is 5.56 Å². The normalized spacial score (nSPS) is 16.9. The predicted molar refractivity (Wildman–Crippen MR) is 43.4 cm³/mol. The van der Waals surface area contributed by atoms with Crippen molar-refractivity contribution in [3.05, 3.63) is 17.5 Å². The molecule has 1 aromatic heterocycles. The highest BCUT2D eigenvalue weighted by molar-refractivity contribution is 5.88. The largest absolute Gasteiger partial charge is 0.478 e. The molecule has 0 amide bonds. The first-order chi connectivity index (χ1) is 6.27. The van der Waals surface area contributed by atoms with Crippen LogP contribution in [0.25, 0.3) is 0 Å². The van der Waals surface area contributed by atoms with Crippen LogP contribution in [0.2, 0.25) is 0 Å². The van der Waals surface area contributed by atoms with Crippen LogP contribution < -0.4 is 0 Å². The zero-order chi connectivity index (χ0) is 9.26. The molecule has 5 heteroatoms. The second-order valence-corrected chi connectivity index (χ2v) is 3.10. The van der Waals surface area contributed by atoms with Gasteiger partial charge in [-0.2, -0.15) is 0 Å². The molecular formula is C8H10N2O3. The minimum atomic E-state index is -0.975. The summed E-state index contributed by atoms with van der Waals surface area (Å²) in [5.74, 6) is -0.524. The van der Waals surface area contributed by atoms with Gasteiger partial charge in [0.25, 0.3) is 0 Å². The number of hydrogen-bond donors (Lipinski definition) is 1. The summed E-state index contributed by atoms with van der Waals surface area (Å²) in [6.07, 6.45) is 2.42. The fourth-order valence-electron chi connectivity index (χ4n) is 1.30. The van der Waals surface area contributed by atoms with E-state index in [0.29, 0.717) is 12.3 Å². The van der Waals surface area contributed by atoms with E-state index >= 15 is 0 Å². The number of aromatic carboxylic acids is 1. The fraction of sp³-hybridized carbons (Fsp3) is 0.500. The Hall–Kier alpha value is -1.36. The van der Waals surface area contributed by atoms with Crippen molar-refractivity contribution in [2.24, 2.45) is 0 Å². The lowest BCUT2D eigenvalue weighted by Gasteiger charge is -2.29. The van der Waals surface area contributed by atoms with Crippen molar-refractivity contribution in [3.8, 4) is 0 Å². The number of carboxylic acid groups (broad SMARTS) is 1. The van der Waals surface area contributed by atoms with Gasteiger partial charge in [-0.25, -0.2) is 4.79 Å². The third kappa shape index (κ3) is 1.55. The molecule has 1 aliphatic heterocycles. The number of hydrogen-bond acceptors (Lipinski definition) is 4. The second kappa shape index (κ2) is 3.18. The quantitative estimate of drug-likeness (QED) is 0.740. The van der Waals surface area contributed by atoms with Gasteiger partial charge in [-0.15, -0.1) is 0 Å². The number of likely N-dealkylation sites (tertiary alicyclic amines) is 1. The maximum absolute atomic E-state index is 10.7. The molecule has 1 aliphatic rings. The van der Waals surface area contributed by atoms with Crippen molar-refractivity contribution in [1.29, 1.82) is 0 Å². The first-order valence-electron chi connectivity index (χ1n) is 4.16. The van der Waals surface area contributed by atoms with Crippen LogP contribution in [-0.4, -0.2) is 34.2 Å². The standard InChI is InChI=1S/C8H10N2O3/c11-8(12)6-4-9-13-7(6)5-10-2-1-3-10/h4H,1-3,5H2,(H,11,12). The molecule has 0 aliphatic carbocycles. The summed E-state index contributed by atoms with van der Waals surface area (Å²) in [6.45, 7) is 2.58. The van der Waals surface area contributed by atoms with Gasteiger partial charge >= 0.3 is 5.97 Å². The molecule has 1 N–H and O–H groups in total. The van der Waals surface area contributed by atoms with Crippen LogP contribution >= 0.6 is 0 Å².